The Hall–Kier alpha value is -3.36. The molecule has 31 heavy (non-hydrogen) atoms. The molecule has 0 aromatic heterocycles. The molecule has 0 fully saturated rings. The maximum absolute atomic E-state index is 12.9. The van der Waals surface area contributed by atoms with Gasteiger partial charge >= 0.3 is 6.18 Å². The van der Waals surface area contributed by atoms with E-state index in [0.717, 1.165) is 17.7 Å². The summed E-state index contributed by atoms with van der Waals surface area (Å²) in [7, 11) is 2.82. The third kappa shape index (κ3) is 6.07. The van der Waals surface area contributed by atoms with Gasteiger partial charge in [0.2, 0.25) is 0 Å². The van der Waals surface area contributed by atoms with Crippen molar-refractivity contribution in [2.75, 3.05) is 14.2 Å². The molecule has 2 aromatic carbocycles. The number of oxime groups is 2. The number of carbonyl (C=O) groups is 1. The van der Waals surface area contributed by atoms with E-state index in [-0.39, 0.29) is 12.3 Å². The molecule has 0 unspecified atom stereocenters. The number of nitrogens with one attached hydrogen (secondary N) is 1. The van der Waals surface area contributed by atoms with Crippen molar-refractivity contribution in [3.8, 4) is 0 Å². The number of alkyl halides is 3. The van der Waals surface area contributed by atoms with Crippen LogP contribution < -0.4 is 5.32 Å². The normalized spacial score (nSPS) is 12.5. The number of likely N-dealkylation sites (N-methyl/N-ethyl adjacent to an activating group) is 1. The zero-order valence-electron chi connectivity index (χ0n) is 17.7. The van der Waals surface area contributed by atoms with Crippen LogP contribution in [0.2, 0.25) is 0 Å². The number of hydrogen-bond donors (Lipinski definition) is 1. The Bertz CT molecular complexity index is 985. The molecule has 0 aliphatic heterocycles. The Kier molecular flexibility index (Phi) is 8.18. The monoisotopic (exact) mass is 435 g/mol. The summed E-state index contributed by atoms with van der Waals surface area (Å²) in [5.41, 5.74) is 2.03. The van der Waals surface area contributed by atoms with E-state index in [1.54, 1.807) is 19.1 Å². The summed E-state index contributed by atoms with van der Waals surface area (Å²) in [5.74, 6) is -0.431. The van der Waals surface area contributed by atoms with Crippen molar-refractivity contribution in [1.29, 1.82) is 0 Å². The van der Waals surface area contributed by atoms with Crippen LogP contribution in [0.25, 0.3) is 0 Å². The first-order valence-corrected chi connectivity index (χ1v) is 9.51. The largest absolute Gasteiger partial charge is 0.416 e. The lowest BCUT2D eigenvalue weighted by Crippen LogP contribution is -2.29. The van der Waals surface area contributed by atoms with Crippen LogP contribution >= 0.6 is 0 Å². The molecule has 6 nitrogen and oxygen atoms in total. The molecule has 1 amide bonds. The molecule has 0 saturated heterocycles. The lowest BCUT2D eigenvalue weighted by atomic mass is 9.96. The van der Waals surface area contributed by atoms with E-state index in [0.29, 0.717) is 28.8 Å². The van der Waals surface area contributed by atoms with Gasteiger partial charge < -0.3 is 15.0 Å². The molecule has 0 aliphatic rings. The van der Waals surface area contributed by atoms with Gasteiger partial charge in [-0.15, -0.1) is 0 Å². The molecule has 9 heteroatoms. The summed E-state index contributed by atoms with van der Waals surface area (Å²) in [6, 6.07) is 10.3. The van der Waals surface area contributed by atoms with Gasteiger partial charge in [-0.2, -0.15) is 13.2 Å². The van der Waals surface area contributed by atoms with Crippen molar-refractivity contribution < 1.29 is 27.6 Å². The minimum atomic E-state index is -4.44. The molecule has 0 radical (unpaired) electrons. The predicted octanol–water partition coefficient (Wildman–Crippen LogP) is 4.31. The van der Waals surface area contributed by atoms with Crippen molar-refractivity contribution in [1.82, 2.24) is 5.32 Å². The Labute approximate surface area is 178 Å². The third-order valence-electron chi connectivity index (χ3n) is 4.55. The molecule has 0 bridgehead atoms. The molecule has 2 aromatic rings. The molecule has 0 heterocycles. The van der Waals surface area contributed by atoms with Gasteiger partial charge in [-0.1, -0.05) is 47.6 Å². The Balaban J connectivity index is 2.33. The number of hydrogen-bond acceptors (Lipinski definition) is 5. The minimum absolute atomic E-state index is 0.00459. The van der Waals surface area contributed by atoms with Crippen LogP contribution in [0.15, 0.2) is 52.8 Å². The third-order valence-corrected chi connectivity index (χ3v) is 4.55. The molecule has 0 atom stereocenters. The number of aryl methyl sites for hydroxylation is 1. The second-order valence-corrected chi connectivity index (χ2v) is 6.53. The average molecular weight is 435 g/mol. The lowest BCUT2D eigenvalue weighted by Gasteiger charge is -2.14. The van der Waals surface area contributed by atoms with Gasteiger partial charge in [0.1, 0.15) is 13.7 Å². The fourth-order valence-electron chi connectivity index (χ4n) is 2.95. The molecule has 0 spiro atoms. The van der Waals surface area contributed by atoms with Crippen LogP contribution in [0, 0.1) is 0 Å². The van der Waals surface area contributed by atoms with Crippen molar-refractivity contribution in [2.24, 2.45) is 10.3 Å². The van der Waals surface area contributed by atoms with E-state index in [1.807, 2.05) is 13.0 Å². The standard InChI is InChI=1S/C22H24F3N3O3/c1-5-15-8-7-11-18(20(28-30-4)21(29)26-3)19(15)13-31-27-14(2)16-9-6-10-17(12-16)22(23,24)25/h6-12H,5,13H2,1-4H3,(H,26,29)/b27-14+,28-20+. The van der Waals surface area contributed by atoms with Gasteiger partial charge in [0.15, 0.2) is 5.71 Å². The quantitative estimate of drug-likeness (QED) is 0.496. The summed E-state index contributed by atoms with van der Waals surface area (Å²) in [6.45, 7) is 3.51. The average Bonchev–Trinajstić information content (AvgIpc) is 2.76. The molecule has 166 valence electrons. The maximum Gasteiger partial charge on any atom is 0.416 e. The van der Waals surface area contributed by atoms with E-state index >= 15 is 0 Å². The maximum atomic E-state index is 12.9. The van der Waals surface area contributed by atoms with Crippen LogP contribution in [0.3, 0.4) is 0 Å². The molecule has 0 aliphatic carbocycles. The molecule has 2 rings (SSSR count). The van der Waals surface area contributed by atoms with Gasteiger partial charge in [-0.05, 0) is 36.6 Å². The van der Waals surface area contributed by atoms with E-state index in [4.69, 9.17) is 9.68 Å². The number of carbonyl (C=O) groups excluding carboxylic acids is 1. The van der Waals surface area contributed by atoms with Crippen LogP contribution in [0.1, 0.15) is 41.7 Å². The molecular formula is C22H24F3N3O3. The summed E-state index contributed by atoms with van der Waals surface area (Å²) in [4.78, 5) is 22.5. The Morgan fingerprint density at radius 3 is 2.45 bits per heavy atom. The summed E-state index contributed by atoms with van der Waals surface area (Å²) < 4.78 is 38.8. The number of amides is 1. The summed E-state index contributed by atoms with van der Waals surface area (Å²) in [6.07, 6.45) is -3.78. The minimum Gasteiger partial charge on any atom is -0.398 e. The lowest BCUT2D eigenvalue weighted by molar-refractivity contribution is -0.137. The second kappa shape index (κ2) is 10.6. The topological polar surface area (TPSA) is 72.3 Å². The number of halogens is 3. The van der Waals surface area contributed by atoms with Gasteiger partial charge in [0.25, 0.3) is 5.91 Å². The zero-order valence-corrected chi connectivity index (χ0v) is 17.7. The van der Waals surface area contributed by atoms with Crippen molar-refractivity contribution in [3.63, 3.8) is 0 Å². The first kappa shape index (κ1) is 23.9. The summed E-state index contributed by atoms with van der Waals surface area (Å²) >= 11 is 0. The van der Waals surface area contributed by atoms with Crippen LogP contribution in [-0.4, -0.2) is 31.5 Å². The first-order valence-electron chi connectivity index (χ1n) is 9.51. The SMILES string of the molecule is CCc1cccc(/C(=N\OC)C(=O)NC)c1CO/N=C(\C)c1cccc(C(F)(F)F)c1. The first-order chi connectivity index (χ1) is 14.7. The fourth-order valence-corrected chi connectivity index (χ4v) is 2.95. The highest BCUT2D eigenvalue weighted by Gasteiger charge is 2.30. The van der Waals surface area contributed by atoms with E-state index in [2.05, 4.69) is 15.6 Å². The molecular weight excluding hydrogens is 411 g/mol. The number of rotatable bonds is 8. The van der Waals surface area contributed by atoms with Crippen LogP contribution in [-0.2, 0) is 33.7 Å². The van der Waals surface area contributed by atoms with Crippen LogP contribution in [0.4, 0.5) is 13.2 Å². The smallest absolute Gasteiger partial charge is 0.398 e. The number of benzene rings is 2. The van der Waals surface area contributed by atoms with Gasteiger partial charge in [0, 0.05) is 18.2 Å². The van der Waals surface area contributed by atoms with Crippen molar-refractivity contribution >= 4 is 17.3 Å². The van der Waals surface area contributed by atoms with E-state index in [1.165, 1.54) is 26.3 Å². The highest BCUT2D eigenvalue weighted by atomic mass is 19.4. The molecule has 0 saturated carbocycles. The Morgan fingerprint density at radius 1 is 1.13 bits per heavy atom. The van der Waals surface area contributed by atoms with E-state index in [9.17, 15) is 18.0 Å². The number of nitrogens with zero attached hydrogens (tertiary/aromatic N) is 2. The van der Waals surface area contributed by atoms with Crippen molar-refractivity contribution in [2.45, 2.75) is 33.1 Å². The fraction of sp³-hybridized carbons (Fsp3) is 0.318. The van der Waals surface area contributed by atoms with Crippen molar-refractivity contribution in [3.05, 3.63) is 70.3 Å². The summed E-state index contributed by atoms with van der Waals surface area (Å²) in [5, 5.41) is 10.3. The second-order valence-electron chi connectivity index (χ2n) is 6.53. The van der Waals surface area contributed by atoms with Gasteiger partial charge in [-0.25, -0.2) is 0 Å². The van der Waals surface area contributed by atoms with Crippen LogP contribution in [0.5, 0.6) is 0 Å². The van der Waals surface area contributed by atoms with Gasteiger partial charge in [0.05, 0.1) is 11.3 Å². The highest BCUT2D eigenvalue weighted by molar-refractivity contribution is 6.45. The van der Waals surface area contributed by atoms with E-state index < -0.39 is 17.6 Å². The highest BCUT2D eigenvalue weighted by Crippen LogP contribution is 2.29. The van der Waals surface area contributed by atoms with Gasteiger partial charge in [-0.3, -0.25) is 4.79 Å². The molecule has 1 N–H and O–H groups in total. The zero-order chi connectivity index (χ0) is 23.0. The Morgan fingerprint density at radius 2 is 1.84 bits per heavy atom. The predicted molar refractivity (Wildman–Crippen MR) is 112 cm³/mol.